The van der Waals surface area contributed by atoms with Gasteiger partial charge in [0.05, 0.1) is 24.1 Å². The molecular formula is C17H18N4O3S. The Hall–Kier alpha value is -2.79. The van der Waals surface area contributed by atoms with E-state index in [2.05, 4.69) is 21.7 Å². The van der Waals surface area contributed by atoms with Gasteiger partial charge in [-0.1, -0.05) is 11.8 Å². The lowest BCUT2D eigenvalue weighted by Gasteiger charge is -2.11. The Morgan fingerprint density at radius 1 is 1.32 bits per heavy atom. The molecule has 0 unspecified atom stereocenters. The van der Waals surface area contributed by atoms with Crippen LogP contribution < -0.4 is 10.6 Å². The van der Waals surface area contributed by atoms with Crippen LogP contribution in [0.4, 0.5) is 4.79 Å². The van der Waals surface area contributed by atoms with E-state index in [1.54, 1.807) is 12.1 Å². The molecule has 0 saturated carbocycles. The maximum atomic E-state index is 11.9. The van der Waals surface area contributed by atoms with Gasteiger partial charge in [0.2, 0.25) is 5.91 Å². The number of aryl methyl sites for hydroxylation is 1. The lowest BCUT2D eigenvalue weighted by Crippen LogP contribution is -2.39. The Morgan fingerprint density at radius 2 is 2.08 bits per heavy atom. The fourth-order valence-electron chi connectivity index (χ4n) is 2.07. The van der Waals surface area contributed by atoms with Crippen LogP contribution in [0, 0.1) is 32.1 Å². The van der Waals surface area contributed by atoms with Crippen molar-refractivity contribution in [1.82, 2.24) is 15.6 Å². The van der Waals surface area contributed by atoms with Crippen molar-refractivity contribution in [2.45, 2.75) is 32.3 Å². The van der Waals surface area contributed by atoms with Crippen molar-refractivity contribution in [2.75, 3.05) is 5.75 Å². The molecule has 2 heterocycles. The van der Waals surface area contributed by atoms with Crippen LogP contribution in [0.15, 0.2) is 27.8 Å². The molecule has 7 nitrogen and oxygen atoms in total. The summed E-state index contributed by atoms with van der Waals surface area (Å²) >= 11 is 1.13. The lowest BCUT2D eigenvalue weighted by atomic mass is 10.1. The van der Waals surface area contributed by atoms with Gasteiger partial charge in [-0.05, 0) is 44.0 Å². The number of furan rings is 1. The molecule has 2 aromatic rings. The summed E-state index contributed by atoms with van der Waals surface area (Å²) < 4.78 is 5.08. The molecule has 0 fully saturated rings. The molecule has 0 saturated heterocycles. The number of carbonyl (C=O) groups excluding carboxylic acids is 2. The van der Waals surface area contributed by atoms with Gasteiger partial charge in [0.15, 0.2) is 0 Å². The third-order valence-corrected chi connectivity index (χ3v) is 4.65. The number of urea groups is 1. The van der Waals surface area contributed by atoms with Gasteiger partial charge in [0.1, 0.15) is 16.9 Å². The van der Waals surface area contributed by atoms with Crippen LogP contribution in [0.3, 0.4) is 0 Å². The van der Waals surface area contributed by atoms with Crippen LogP contribution in [0.5, 0.6) is 0 Å². The molecule has 0 aliphatic carbocycles. The number of pyridine rings is 1. The van der Waals surface area contributed by atoms with E-state index in [9.17, 15) is 14.9 Å². The van der Waals surface area contributed by atoms with E-state index in [4.69, 9.17) is 4.42 Å². The molecule has 2 N–H and O–H groups in total. The SMILES string of the molecule is Cc1nc(SCC(=O)NC(=O)NCc2ccco2)c(C#N)c(C)c1C. The topological polar surface area (TPSA) is 108 Å². The first-order valence-electron chi connectivity index (χ1n) is 7.53. The Morgan fingerprint density at radius 3 is 2.72 bits per heavy atom. The largest absolute Gasteiger partial charge is 0.467 e. The minimum Gasteiger partial charge on any atom is -0.467 e. The minimum absolute atomic E-state index is 0.0161. The number of rotatable bonds is 5. The predicted molar refractivity (Wildman–Crippen MR) is 93.0 cm³/mol. The predicted octanol–water partition coefficient (Wildman–Crippen LogP) is 2.59. The van der Waals surface area contributed by atoms with Crippen molar-refractivity contribution in [3.05, 3.63) is 46.5 Å². The summed E-state index contributed by atoms with van der Waals surface area (Å²) in [6.07, 6.45) is 1.50. The van der Waals surface area contributed by atoms with E-state index in [-0.39, 0.29) is 12.3 Å². The summed E-state index contributed by atoms with van der Waals surface area (Å²) in [4.78, 5) is 27.9. The van der Waals surface area contributed by atoms with Crippen molar-refractivity contribution >= 4 is 23.7 Å². The number of hydrogen-bond acceptors (Lipinski definition) is 6. The first kappa shape index (κ1) is 18.5. The Balaban J connectivity index is 1.90. The van der Waals surface area contributed by atoms with E-state index < -0.39 is 11.9 Å². The quantitative estimate of drug-likeness (QED) is 0.795. The normalized spacial score (nSPS) is 10.2. The van der Waals surface area contributed by atoms with Gasteiger partial charge < -0.3 is 9.73 Å². The van der Waals surface area contributed by atoms with E-state index >= 15 is 0 Å². The molecule has 0 atom stereocenters. The highest BCUT2D eigenvalue weighted by Crippen LogP contribution is 2.26. The van der Waals surface area contributed by atoms with E-state index in [1.807, 2.05) is 20.8 Å². The summed E-state index contributed by atoms with van der Waals surface area (Å²) in [5.41, 5.74) is 3.09. The van der Waals surface area contributed by atoms with Crippen LogP contribution in [0.1, 0.15) is 28.1 Å². The molecule has 8 heteroatoms. The number of nitrogens with zero attached hydrogens (tertiary/aromatic N) is 2. The minimum atomic E-state index is -0.605. The van der Waals surface area contributed by atoms with Gasteiger partial charge in [0.25, 0.3) is 0 Å². The zero-order chi connectivity index (χ0) is 18.4. The Kier molecular flexibility index (Phi) is 6.19. The van der Waals surface area contributed by atoms with Crippen molar-refractivity contribution < 1.29 is 14.0 Å². The lowest BCUT2D eigenvalue weighted by molar-refractivity contribution is -0.117. The van der Waals surface area contributed by atoms with Gasteiger partial charge >= 0.3 is 6.03 Å². The number of imide groups is 1. The monoisotopic (exact) mass is 358 g/mol. The molecule has 0 aliphatic rings. The van der Waals surface area contributed by atoms with E-state index in [0.29, 0.717) is 16.3 Å². The number of nitrogens with one attached hydrogen (secondary N) is 2. The summed E-state index contributed by atoms with van der Waals surface area (Å²) in [7, 11) is 0. The first-order valence-corrected chi connectivity index (χ1v) is 8.51. The van der Waals surface area contributed by atoms with Crippen molar-refractivity contribution in [3.8, 4) is 6.07 Å². The molecule has 0 aliphatic heterocycles. The molecular weight excluding hydrogens is 340 g/mol. The summed E-state index contributed by atoms with van der Waals surface area (Å²) in [6, 6.07) is 4.95. The van der Waals surface area contributed by atoms with E-state index in [0.717, 1.165) is 28.6 Å². The maximum Gasteiger partial charge on any atom is 0.321 e. The molecule has 25 heavy (non-hydrogen) atoms. The molecule has 130 valence electrons. The number of thioether (sulfide) groups is 1. The fraction of sp³-hybridized carbons (Fsp3) is 0.294. The van der Waals surface area contributed by atoms with Gasteiger partial charge in [0, 0.05) is 5.69 Å². The standard InChI is InChI=1S/C17H18N4O3S/c1-10-11(2)14(7-18)16(20-12(10)3)25-9-15(22)21-17(23)19-8-13-5-4-6-24-13/h4-6H,8-9H2,1-3H3,(H2,19,21,22,23). The van der Waals surface area contributed by atoms with Crippen molar-refractivity contribution in [2.24, 2.45) is 0 Å². The third-order valence-electron chi connectivity index (χ3n) is 3.67. The van der Waals surface area contributed by atoms with Crippen LogP contribution in [-0.4, -0.2) is 22.7 Å². The molecule has 0 aromatic carbocycles. The van der Waals surface area contributed by atoms with Crippen LogP contribution in [0.25, 0.3) is 0 Å². The molecule has 0 spiro atoms. The maximum absolute atomic E-state index is 11.9. The van der Waals surface area contributed by atoms with Gasteiger partial charge in [-0.3, -0.25) is 10.1 Å². The highest BCUT2D eigenvalue weighted by molar-refractivity contribution is 8.00. The summed E-state index contributed by atoms with van der Waals surface area (Å²) in [5, 5.41) is 14.6. The number of aromatic nitrogens is 1. The first-order chi connectivity index (χ1) is 11.9. The van der Waals surface area contributed by atoms with Crippen LogP contribution in [-0.2, 0) is 11.3 Å². The summed E-state index contributed by atoms with van der Waals surface area (Å²) in [6.45, 7) is 5.81. The molecule has 2 aromatic heterocycles. The number of nitriles is 1. The zero-order valence-electron chi connectivity index (χ0n) is 14.2. The highest BCUT2D eigenvalue weighted by atomic mass is 32.2. The van der Waals surface area contributed by atoms with Crippen molar-refractivity contribution in [1.29, 1.82) is 5.26 Å². The second kappa shape index (κ2) is 8.35. The van der Waals surface area contributed by atoms with Crippen LogP contribution in [0.2, 0.25) is 0 Å². The number of hydrogen-bond donors (Lipinski definition) is 2. The number of amides is 3. The molecule has 2 rings (SSSR count). The summed E-state index contributed by atoms with van der Waals surface area (Å²) in [5.74, 6) is 0.103. The second-order valence-corrected chi connectivity index (χ2v) is 6.30. The number of carbonyl (C=O) groups is 2. The average Bonchev–Trinajstić information content (AvgIpc) is 3.09. The van der Waals surface area contributed by atoms with Gasteiger partial charge in [-0.25, -0.2) is 9.78 Å². The Bertz CT molecular complexity index is 825. The molecule has 0 bridgehead atoms. The Labute approximate surface area is 149 Å². The van der Waals surface area contributed by atoms with Gasteiger partial charge in [-0.15, -0.1) is 0 Å². The zero-order valence-corrected chi connectivity index (χ0v) is 15.0. The molecule has 0 radical (unpaired) electrons. The van der Waals surface area contributed by atoms with E-state index in [1.165, 1.54) is 6.26 Å². The average molecular weight is 358 g/mol. The second-order valence-electron chi connectivity index (χ2n) is 5.34. The van der Waals surface area contributed by atoms with Gasteiger partial charge in [-0.2, -0.15) is 5.26 Å². The van der Waals surface area contributed by atoms with Crippen LogP contribution >= 0.6 is 11.8 Å². The molecule has 3 amide bonds. The smallest absolute Gasteiger partial charge is 0.321 e. The van der Waals surface area contributed by atoms with Crippen molar-refractivity contribution in [3.63, 3.8) is 0 Å². The third kappa shape index (κ3) is 4.84. The fourth-order valence-corrected chi connectivity index (χ4v) is 2.95. The highest BCUT2D eigenvalue weighted by Gasteiger charge is 2.15.